The number of ketones is 1. The molecule has 2 aromatic carbocycles. The van der Waals surface area contributed by atoms with Gasteiger partial charge in [-0.25, -0.2) is 4.39 Å². The lowest BCUT2D eigenvalue weighted by Crippen LogP contribution is -2.07. The highest BCUT2D eigenvalue weighted by molar-refractivity contribution is 6.68. The molecule has 0 radical (unpaired) electrons. The molecular formula is C14H8ClFO2. The fourth-order valence-corrected chi connectivity index (χ4v) is 1.80. The molecule has 2 aromatic rings. The van der Waals surface area contributed by atoms with Crippen molar-refractivity contribution in [2.24, 2.45) is 0 Å². The quantitative estimate of drug-likeness (QED) is 0.627. The number of rotatable bonds is 3. The van der Waals surface area contributed by atoms with E-state index in [9.17, 15) is 14.0 Å². The molecule has 0 aromatic heterocycles. The van der Waals surface area contributed by atoms with Gasteiger partial charge in [0.25, 0.3) is 5.24 Å². The Morgan fingerprint density at radius 3 is 2.22 bits per heavy atom. The summed E-state index contributed by atoms with van der Waals surface area (Å²) in [7, 11) is 0. The maximum atomic E-state index is 13.1. The summed E-state index contributed by atoms with van der Waals surface area (Å²) in [5, 5.41) is -0.713. The number of halogens is 2. The molecule has 0 N–H and O–H groups in total. The summed E-state index contributed by atoms with van der Waals surface area (Å²) in [6.07, 6.45) is 0. The zero-order valence-electron chi connectivity index (χ0n) is 9.19. The first-order chi connectivity index (χ1) is 8.59. The van der Waals surface area contributed by atoms with E-state index in [1.54, 1.807) is 12.1 Å². The van der Waals surface area contributed by atoms with Crippen LogP contribution in [0.3, 0.4) is 0 Å². The molecule has 2 rings (SSSR count). The van der Waals surface area contributed by atoms with Crippen LogP contribution < -0.4 is 0 Å². The molecule has 18 heavy (non-hydrogen) atoms. The molecule has 2 nitrogen and oxygen atoms in total. The van der Waals surface area contributed by atoms with Crippen LogP contribution in [0, 0.1) is 5.82 Å². The minimum absolute atomic E-state index is 0.119. The van der Waals surface area contributed by atoms with E-state index in [4.69, 9.17) is 11.6 Å². The van der Waals surface area contributed by atoms with Crippen molar-refractivity contribution in [2.75, 3.05) is 0 Å². The standard InChI is InChI=1S/C14H8ClFO2/c15-14(18)12-7-2-1-6-11(12)13(17)9-4-3-5-10(16)8-9/h1-8H. The summed E-state index contributed by atoms with van der Waals surface area (Å²) >= 11 is 5.41. The van der Waals surface area contributed by atoms with Gasteiger partial charge in [-0.05, 0) is 29.8 Å². The molecule has 4 heteroatoms. The molecule has 90 valence electrons. The Kier molecular flexibility index (Phi) is 3.53. The van der Waals surface area contributed by atoms with Crippen molar-refractivity contribution < 1.29 is 14.0 Å². The monoisotopic (exact) mass is 262 g/mol. The van der Waals surface area contributed by atoms with E-state index in [0.29, 0.717) is 0 Å². The van der Waals surface area contributed by atoms with Crippen molar-refractivity contribution in [3.05, 3.63) is 71.0 Å². The molecule has 0 aliphatic carbocycles. The van der Waals surface area contributed by atoms with Gasteiger partial charge in [-0.2, -0.15) is 0 Å². The van der Waals surface area contributed by atoms with Gasteiger partial charge in [0.1, 0.15) is 5.82 Å². The van der Waals surface area contributed by atoms with Crippen LogP contribution in [0.15, 0.2) is 48.5 Å². The van der Waals surface area contributed by atoms with Gasteiger partial charge in [0.15, 0.2) is 5.78 Å². The second kappa shape index (κ2) is 5.10. The van der Waals surface area contributed by atoms with E-state index >= 15 is 0 Å². The maximum absolute atomic E-state index is 13.1. The van der Waals surface area contributed by atoms with E-state index in [-0.39, 0.29) is 16.7 Å². The summed E-state index contributed by atoms with van der Waals surface area (Å²) in [4.78, 5) is 23.4. The Hall–Kier alpha value is -2.00. The largest absolute Gasteiger partial charge is 0.289 e. The van der Waals surface area contributed by atoms with Crippen LogP contribution in [0.4, 0.5) is 4.39 Å². The molecule has 0 bridgehead atoms. The maximum Gasteiger partial charge on any atom is 0.253 e. The van der Waals surface area contributed by atoms with E-state index < -0.39 is 16.8 Å². The summed E-state index contributed by atoms with van der Waals surface area (Å²) in [5.41, 5.74) is 0.469. The van der Waals surface area contributed by atoms with Gasteiger partial charge in [-0.3, -0.25) is 9.59 Å². The van der Waals surface area contributed by atoms with Gasteiger partial charge in [0.2, 0.25) is 0 Å². The van der Waals surface area contributed by atoms with E-state index in [2.05, 4.69) is 0 Å². The molecule has 0 aliphatic heterocycles. The van der Waals surface area contributed by atoms with Gasteiger partial charge < -0.3 is 0 Å². The normalized spacial score (nSPS) is 10.1. The summed E-state index contributed by atoms with van der Waals surface area (Å²) < 4.78 is 13.1. The van der Waals surface area contributed by atoms with E-state index in [1.807, 2.05) is 0 Å². The predicted molar refractivity (Wildman–Crippen MR) is 66.5 cm³/mol. The fraction of sp³-hybridized carbons (Fsp3) is 0. The van der Waals surface area contributed by atoms with Gasteiger partial charge in [-0.1, -0.05) is 30.3 Å². The number of hydrogen-bond acceptors (Lipinski definition) is 2. The van der Waals surface area contributed by atoms with Crippen molar-refractivity contribution in [1.29, 1.82) is 0 Å². The lowest BCUT2D eigenvalue weighted by Gasteiger charge is -2.05. The molecule has 0 aliphatic rings. The van der Waals surface area contributed by atoms with Crippen molar-refractivity contribution in [1.82, 2.24) is 0 Å². The smallest absolute Gasteiger partial charge is 0.253 e. The van der Waals surface area contributed by atoms with E-state index in [0.717, 1.165) is 6.07 Å². The van der Waals surface area contributed by atoms with Crippen molar-refractivity contribution >= 4 is 22.6 Å². The lowest BCUT2D eigenvalue weighted by atomic mass is 9.99. The van der Waals surface area contributed by atoms with Crippen molar-refractivity contribution in [3.8, 4) is 0 Å². The van der Waals surface area contributed by atoms with Crippen LogP contribution in [-0.2, 0) is 0 Å². The van der Waals surface area contributed by atoms with Crippen LogP contribution in [-0.4, -0.2) is 11.0 Å². The summed E-state index contributed by atoms with van der Waals surface area (Å²) in [6, 6.07) is 11.5. The van der Waals surface area contributed by atoms with Crippen LogP contribution in [0.2, 0.25) is 0 Å². The Morgan fingerprint density at radius 1 is 0.944 bits per heavy atom. The molecule has 0 saturated heterocycles. The highest BCUT2D eigenvalue weighted by Crippen LogP contribution is 2.17. The second-order valence-electron chi connectivity index (χ2n) is 3.66. The average Bonchev–Trinajstić information content (AvgIpc) is 2.38. The molecule has 0 amide bonds. The van der Waals surface area contributed by atoms with E-state index in [1.165, 1.54) is 30.3 Å². The third-order valence-corrected chi connectivity index (χ3v) is 2.67. The fourth-order valence-electron chi connectivity index (χ4n) is 1.64. The van der Waals surface area contributed by atoms with Crippen molar-refractivity contribution in [3.63, 3.8) is 0 Å². The zero-order chi connectivity index (χ0) is 13.1. The summed E-state index contributed by atoms with van der Waals surface area (Å²) in [5.74, 6) is -0.936. The third-order valence-electron chi connectivity index (χ3n) is 2.47. The zero-order valence-corrected chi connectivity index (χ0v) is 9.95. The van der Waals surface area contributed by atoms with Gasteiger partial charge in [0.05, 0.1) is 0 Å². The van der Waals surface area contributed by atoms with Crippen LogP contribution in [0.1, 0.15) is 26.3 Å². The molecule has 0 saturated carbocycles. The van der Waals surface area contributed by atoms with Gasteiger partial charge >= 0.3 is 0 Å². The Balaban J connectivity index is 2.50. The Bertz CT molecular complexity index is 623. The second-order valence-corrected chi connectivity index (χ2v) is 4.00. The Morgan fingerprint density at radius 2 is 1.61 bits per heavy atom. The molecule has 0 atom stereocenters. The minimum Gasteiger partial charge on any atom is -0.289 e. The van der Waals surface area contributed by atoms with Gasteiger partial charge in [-0.15, -0.1) is 0 Å². The lowest BCUT2D eigenvalue weighted by molar-refractivity contribution is 0.102. The van der Waals surface area contributed by atoms with Crippen LogP contribution >= 0.6 is 11.6 Å². The van der Waals surface area contributed by atoms with Crippen LogP contribution in [0.25, 0.3) is 0 Å². The predicted octanol–water partition coefficient (Wildman–Crippen LogP) is 3.44. The first kappa shape index (κ1) is 12.5. The first-order valence-electron chi connectivity index (χ1n) is 5.18. The highest BCUT2D eigenvalue weighted by Gasteiger charge is 2.16. The topological polar surface area (TPSA) is 34.1 Å². The highest BCUT2D eigenvalue weighted by atomic mass is 35.5. The third kappa shape index (κ3) is 2.46. The molecule has 0 unspecified atom stereocenters. The van der Waals surface area contributed by atoms with Crippen LogP contribution in [0.5, 0.6) is 0 Å². The molecule has 0 heterocycles. The van der Waals surface area contributed by atoms with Gasteiger partial charge in [0, 0.05) is 16.7 Å². The molecular weight excluding hydrogens is 255 g/mol. The molecule has 0 spiro atoms. The van der Waals surface area contributed by atoms with Crippen molar-refractivity contribution in [2.45, 2.75) is 0 Å². The minimum atomic E-state index is -0.713. The number of hydrogen-bond donors (Lipinski definition) is 0. The first-order valence-corrected chi connectivity index (χ1v) is 5.56. The molecule has 0 fully saturated rings. The number of carbonyl (C=O) groups excluding carboxylic acids is 2. The average molecular weight is 263 g/mol. The Labute approximate surface area is 108 Å². The number of carbonyl (C=O) groups is 2. The summed E-state index contributed by atoms with van der Waals surface area (Å²) in [6.45, 7) is 0. The number of benzene rings is 2. The SMILES string of the molecule is O=C(Cl)c1ccccc1C(=O)c1cccc(F)c1.